The fourth-order valence-corrected chi connectivity index (χ4v) is 3.66. The average molecular weight is 411 g/mol. The molecule has 150 valence electrons. The van der Waals surface area contributed by atoms with E-state index < -0.39 is 22.6 Å². The summed E-state index contributed by atoms with van der Waals surface area (Å²) in [5, 5.41) is 11.6. The minimum atomic E-state index is -3.52. The lowest BCUT2D eigenvalue weighted by molar-refractivity contribution is -0.139. The zero-order valence-corrected chi connectivity index (χ0v) is 16.4. The number of carboxylic acid groups (broad SMARTS) is 1. The molecule has 0 aromatic heterocycles. The number of carbonyl (C=O) groups is 1. The van der Waals surface area contributed by atoms with E-state index in [1.807, 2.05) is 54.6 Å². The van der Waals surface area contributed by atoms with Crippen LogP contribution in [0.15, 0.2) is 72.1 Å². The highest BCUT2D eigenvalue weighted by molar-refractivity contribution is 7.92. The van der Waals surface area contributed by atoms with Crippen molar-refractivity contribution in [3.8, 4) is 5.75 Å². The van der Waals surface area contributed by atoms with Gasteiger partial charge in [-0.3, -0.25) is 0 Å². The Morgan fingerprint density at radius 1 is 1.03 bits per heavy atom. The molecule has 0 aliphatic rings. The monoisotopic (exact) mass is 411 g/mol. The van der Waals surface area contributed by atoms with E-state index in [2.05, 4.69) is 4.72 Å². The van der Waals surface area contributed by atoms with Crippen molar-refractivity contribution in [2.75, 3.05) is 13.2 Å². The minimum absolute atomic E-state index is 0.266. The number of carboxylic acids is 1. The fraction of sp³-hybridized carbons (Fsp3) is 0.136. The molecule has 0 aliphatic heterocycles. The summed E-state index contributed by atoms with van der Waals surface area (Å²) in [6, 6.07) is 20.3. The van der Waals surface area contributed by atoms with E-state index in [1.54, 1.807) is 18.2 Å². The molecular weight excluding hydrogens is 390 g/mol. The third-order valence-corrected chi connectivity index (χ3v) is 5.31. The van der Waals surface area contributed by atoms with E-state index in [1.165, 1.54) is 0 Å². The predicted octanol–water partition coefficient (Wildman–Crippen LogP) is 3.44. The summed E-state index contributed by atoms with van der Waals surface area (Å²) in [4.78, 5) is 10.7. The van der Waals surface area contributed by atoms with Gasteiger partial charge in [-0.1, -0.05) is 60.7 Å². The van der Waals surface area contributed by atoms with Gasteiger partial charge in [0.1, 0.15) is 5.75 Å². The Balaban J connectivity index is 1.62. The minimum Gasteiger partial charge on any atom is -0.481 e. The Morgan fingerprint density at radius 3 is 2.59 bits per heavy atom. The number of sulfonamides is 1. The molecular formula is C22H21NO5S. The molecule has 0 bridgehead atoms. The number of hydrogen-bond donors (Lipinski definition) is 2. The van der Waals surface area contributed by atoms with Crippen LogP contribution in [0.1, 0.15) is 11.1 Å². The molecule has 0 amide bonds. The molecule has 6 nitrogen and oxygen atoms in total. The van der Waals surface area contributed by atoms with Gasteiger partial charge in [0.15, 0.2) is 6.61 Å². The molecule has 0 fully saturated rings. The highest BCUT2D eigenvalue weighted by atomic mass is 32.2. The van der Waals surface area contributed by atoms with E-state index in [4.69, 9.17) is 9.84 Å². The first-order valence-electron chi connectivity index (χ1n) is 9.02. The van der Waals surface area contributed by atoms with Gasteiger partial charge >= 0.3 is 5.97 Å². The number of fused-ring (bicyclic) bond motifs is 1. The second-order valence-corrected chi connectivity index (χ2v) is 8.05. The Hall–Kier alpha value is -3.16. The molecule has 0 spiro atoms. The molecule has 2 N–H and O–H groups in total. The van der Waals surface area contributed by atoms with E-state index in [0.29, 0.717) is 12.2 Å². The third kappa shape index (κ3) is 6.17. The maximum Gasteiger partial charge on any atom is 0.341 e. The van der Waals surface area contributed by atoms with Crippen molar-refractivity contribution in [3.05, 3.63) is 83.3 Å². The van der Waals surface area contributed by atoms with E-state index in [0.717, 1.165) is 27.3 Å². The molecule has 3 rings (SSSR count). The summed E-state index contributed by atoms with van der Waals surface area (Å²) in [6.07, 6.45) is 2.07. The lowest BCUT2D eigenvalue weighted by Gasteiger charge is -2.09. The van der Waals surface area contributed by atoms with E-state index in [9.17, 15) is 13.2 Å². The van der Waals surface area contributed by atoms with Gasteiger partial charge in [0.2, 0.25) is 10.0 Å². The molecule has 0 heterocycles. The molecule has 0 saturated carbocycles. The topological polar surface area (TPSA) is 92.7 Å². The fourth-order valence-electron chi connectivity index (χ4n) is 2.84. The molecule has 0 radical (unpaired) electrons. The van der Waals surface area contributed by atoms with Crippen molar-refractivity contribution in [3.63, 3.8) is 0 Å². The second kappa shape index (κ2) is 9.36. The molecule has 3 aromatic carbocycles. The standard InChI is InChI=1S/C22H21NO5S/c24-22(25)16-28-21-8-4-7-19-15-18(9-10-20(19)21)11-13-23-29(26,27)14-12-17-5-2-1-3-6-17/h1-10,12,14-15,23H,11,13,16H2,(H,24,25)/b14-12+. The van der Waals surface area contributed by atoms with Gasteiger partial charge in [0.25, 0.3) is 0 Å². The molecule has 0 atom stereocenters. The Bertz CT molecular complexity index is 1120. The van der Waals surface area contributed by atoms with Gasteiger partial charge in [-0.25, -0.2) is 17.9 Å². The Kier molecular flexibility index (Phi) is 6.64. The summed E-state index contributed by atoms with van der Waals surface area (Å²) >= 11 is 0. The van der Waals surface area contributed by atoms with E-state index >= 15 is 0 Å². The third-order valence-electron chi connectivity index (χ3n) is 4.21. The molecule has 3 aromatic rings. The van der Waals surface area contributed by atoms with Crippen LogP contribution in [0.25, 0.3) is 16.8 Å². The van der Waals surface area contributed by atoms with Crippen molar-refractivity contribution in [1.82, 2.24) is 4.72 Å². The molecule has 0 aliphatic carbocycles. The maximum absolute atomic E-state index is 12.1. The Morgan fingerprint density at radius 2 is 1.83 bits per heavy atom. The van der Waals surface area contributed by atoms with Crippen molar-refractivity contribution >= 4 is 32.8 Å². The predicted molar refractivity (Wildman–Crippen MR) is 113 cm³/mol. The van der Waals surface area contributed by atoms with Gasteiger partial charge in [0, 0.05) is 17.3 Å². The molecule has 7 heteroatoms. The van der Waals surface area contributed by atoms with Crippen LogP contribution in [0.5, 0.6) is 5.75 Å². The Labute approximate surface area is 169 Å². The summed E-state index contributed by atoms with van der Waals surface area (Å²) in [5.41, 5.74) is 1.77. The van der Waals surface area contributed by atoms with Crippen molar-refractivity contribution < 1.29 is 23.1 Å². The number of benzene rings is 3. The lowest BCUT2D eigenvalue weighted by Crippen LogP contribution is -2.23. The van der Waals surface area contributed by atoms with Crippen LogP contribution < -0.4 is 9.46 Å². The lowest BCUT2D eigenvalue weighted by atomic mass is 10.0. The van der Waals surface area contributed by atoms with Crippen LogP contribution in [-0.2, 0) is 21.2 Å². The van der Waals surface area contributed by atoms with Crippen molar-refractivity contribution in [2.24, 2.45) is 0 Å². The van der Waals surface area contributed by atoms with Crippen LogP contribution in [0.3, 0.4) is 0 Å². The number of ether oxygens (including phenoxy) is 1. The van der Waals surface area contributed by atoms with Gasteiger partial charge in [0.05, 0.1) is 0 Å². The highest BCUT2D eigenvalue weighted by Crippen LogP contribution is 2.26. The smallest absolute Gasteiger partial charge is 0.341 e. The van der Waals surface area contributed by atoms with E-state index in [-0.39, 0.29) is 6.54 Å². The highest BCUT2D eigenvalue weighted by Gasteiger charge is 2.07. The summed E-state index contributed by atoms with van der Waals surface area (Å²) in [7, 11) is -3.52. The maximum atomic E-state index is 12.1. The quantitative estimate of drug-likeness (QED) is 0.563. The summed E-state index contributed by atoms with van der Waals surface area (Å²) in [6.45, 7) is -0.138. The first-order chi connectivity index (χ1) is 13.9. The average Bonchev–Trinajstić information content (AvgIpc) is 2.71. The van der Waals surface area contributed by atoms with Crippen LogP contribution in [0, 0.1) is 0 Å². The largest absolute Gasteiger partial charge is 0.481 e. The van der Waals surface area contributed by atoms with Gasteiger partial charge in [-0.15, -0.1) is 0 Å². The van der Waals surface area contributed by atoms with Crippen LogP contribution >= 0.6 is 0 Å². The molecule has 0 unspecified atom stereocenters. The summed E-state index contributed by atoms with van der Waals surface area (Å²) in [5.74, 6) is -0.532. The first kappa shape index (κ1) is 20.6. The van der Waals surface area contributed by atoms with Crippen molar-refractivity contribution in [2.45, 2.75) is 6.42 Å². The second-order valence-electron chi connectivity index (χ2n) is 6.40. The number of nitrogens with one attached hydrogen (secondary N) is 1. The van der Waals surface area contributed by atoms with Gasteiger partial charge < -0.3 is 9.84 Å². The normalized spacial score (nSPS) is 11.7. The zero-order valence-electron chi connectivity index (χ0n) is 15.6. The number of rotatable bonds is 9. The van der Waals surface area contributed by atoms with Crippen LogP contribution in [-0.4, -0.2) is 32.6 Å². The molecule has 29 heavy (non-hydrogen) atoms. The van der Waals surface area contributed by atoms with Crippen molar-refractivity contribution in [1.29, 1.82) is 0 Å². The number of aliphatic carboxylic acids is 1. The first-order valence-corrected chi connectivity index (χ1v) is 10.6. The number of hydrogen-bond acceptors (Lipinski definition) is 4. The SMILES string of the molecule is O=C(O)COc1cccc2cc(CCNS(=O)(=O)/C=C/c3ccccc3)ccc12. The van der Waals surface area contributed by atoms with Crippen LogP contribution in [0.4, 0.5) is 0 Å². The van der Waals surface area contributed by atoms with Crippen LogP contribution in [0.2, 0.25) is 0 Å². The zero-order chi connectivity index (χ0) is 20.7. The summed E-state index contributed by atoms with van der Waals surface area (Å²) < 4.78 is 32.1. The van der Waals surface area contributed by atoms with Gasteiger partial charge in [-0.2, -0.15) is 0 Å². The molecule has 0 saturated heterocycles. The van der Waals surface area contributed by atoms with Gasteiger partial charge in [-0.05, 0) is 35.1 Å².